The first-order chi connectivity index (χ1) is 6.52. The van der Waals surface area contributed by atoms with Crippen LogP contribution in [0.15, 0.2) is 11.1 Å². The second kappa shape index (κ2) is 5.18. The molecule has 0 radical (unpaired) electrons. The van der Waals surface area contributed by atoms with Crippen molar-refractivity contribution in [1.82, 2.24) is 0 Å². The van der Waals surface area contributed by atoms with Gasteiger partial charge in [0.15, 0.2) is 0 Å². The van der Waals surface area contributed by atoms with E-state index in [2.05, 4.69) is 0 Å². The van der Waals surface area contributed by atoms with E-state index in [1.807, 2.05) is 19.9 Å². The van der Waals surface area contributed by atoms with Gasteiger partial charge in [-0.2, -0.15) is 0 Å². The predicted octanol–water partition coefficient (Wildman–Crippen LogP) is 3.85. The van der Waals surface area contributed by atoms with Gasteiger partial charge in [0.05, 0.1) is 5.60 Å². The van der Waals surface area contributed by atoms with Gasteiger partial charge in [0.1, 0.15) is 0 Å². The average Bonchev–Trinajstić information content (AvgIpc) is 2.07. The third kappa shape index (κ3) is 3.62. The van der Waals surface area contributed by atoms with Gasteiger partial charge in [-0.1, -0.05) is 30.5 Å². The molecule has 0 aromatic heterocycles. The van der Waals surface area contributed by atoms with Crippen LogP contribution in [0, 0.1) is 5.92 Å². The first-order valence-corrected chi connectivity index (χ1v) is 5.95. The highest BCUT2D eigenvalue weighted by molar-refractivity contribution is 6.29. The maximum atomic E-state index is 10.1. The van der Waals surface area contributed by atoms with Crippen LogP contribution < -0.4 is 0 Å². The Morgan fingerprint density at radius 2 is 2.29 bits per heavy atom. The van der Waals surface area contributed by atoms with E-state index in [0.29, 0.717) is 5.92 Å². The Hall–Kier alpha value is -0.0100. The second-order valence-electron chi connectivity index (χ2n) is 4.67. The molecule has 1 rings (SSSR count). The predicted molar refractivity (Wildman–Crippen MR) is 61.4 cm³/mol. The first-order valence-electron chi connectivity index (χ1n) is 5.57. The molecule has 1 aliphatic rings. The van der Waals surface area contributed by atoms with Crippen LogP contribution in [0.2, 0.25) is 0 Å². The summed E-state index contributed by atoms with van der Waals surface area (Å²) >= 11 is 5.77. The van der Waals surface area contributed by atoms with Gasteiger partial charge < -0.3 is 5.11 Å². The van der Waals surface area contributed by atoms with Gasteiger partial charge in [0.25, 0.3) is 0 Å². The smallest absolute Gasteiger partial charge is 0.0647 e. The Morgan fingerprint density at radius 3 is 2.86 bits per heavy atom. The highest BCUT2D eigenvalue weighted by Gasteiger charge is 2.33. The number of hydrogen-bond donors (Lipinski definition) is 1. The molecule has 0 aliphatic heterocycles. The fourth-order valence-electron chi connectivity index (χ4n) is 2.33. The van der Waals surface area contributed by atoms with Crippen molar-refractivity contribution in [2.45, 2.75) is 58.0 Å². The Bertz CT molecular complexity index is 204. The van der Waals surface area contributed by atoms with Crippen LogP contribution in [0.25, 0.3) is 0 Å². The Labute approximate surface area is 92.2 Å². The molecule has 14 heavy (non-hydrogen) atoms. The molecule has 2 unspecified atom stereocenters. The SMILES string of the molecule is C/C(Cl)=C\CCC1CCCCC1(C)O. The van der Waals surface area contributed by atoms with E-state index in [-0.39, 0.29) is 0 Å². The fraction of sp³-hybridized carbons (Fsp3) is 0.833. The lowest BCUT2D eigenvalue weighted by Gasteiger charge is -2.37. The molecular weight excluding hydrogens is 196 g/mol. The van der Waals surface area contributed by atoms with Gasteiger partial charge in [-0.05, 0) is 45.4 Å². The molecule has 1 N–H and O–H groups in total. The van der Waals surface area contributed by atoms with E-state index in [1.54, 1.807) is 0 Å². The van der Waals surface area contributed by atoms with E-state index in [1.165, 1.54) is 19.3 Å². The van der Waals surface area contributed by atoms with Crippen molar-refractivity contribution in [3.63, 3.8) is 0 Å². The van der Waals surface area contributed by atoms with Crippen molar-refractivity contribution in [3.05, 3.63) is 11.1 Å². The summed E-state index contributed by atoms with van der Waals surface area (Å²) in [6, 6.07) is 0. The van der Waals surface area contributed by atoms with Gasteiger partial charge in [0, 0.05) is 5.03 Å². The van der Waals surface area contributed by atoms with Crippen molar-refractivity contribution < 1.29 is 5.11 Å². The molecule has 82 valence electrons. The molecule has 0 amide bonds. The molecule has 0 saturated heterocycles. The van der Waals surface area contributed by atoms with Crippen molar-refractivity contribution >= 4 is 11.6 Å². The zero-order valence-electron chi connectivity index (χ0n) is 9.22. The minimum Gasteiger partial charge on any atom is -0.390 e. The highest BCUT2D eigenvalue weighted by atomic mass is 35.5. The number of rotatable bonds is 3. The van der Waals surface area contributed by atoms with E-state index in [9.17, 15) is 5.11 Å². The third-order valence-corrected chi connectivity index (χ3v) is 3.46. The molecular formula is C12H21ClO. The van der Waals surface area contributed by atoms with Crippen molar-refractivity contribution in [2.75, 3.05) is 0 Å². The van der Waals surface area contributed by atoms with Crippen LogP contribution in [0.1, 0.15) is 52.4 Å². The summed E-state index contributed by atoms with van der Waals surface area (Å²) in [5.41, 5.74) is -0.438. The normalized spacial score (nSPS) is 34.6. The summed E-state index contributed by atoms with van der Waals surface area (Å²) in [5, 5.41) is 11.0. The number of allylic oxidation sites excluding steroid dienone is 2. The molecule has 1 nitrogen and oxygen atoms in total. The maximum Gasteiger partial charge on any atom is 0.0647 e. The van der Waals surface area contributed by atoms with Crippen LogP contribution in [0.4, 0.5) is 0 Å². The number of hydrogen-bond acceptors (Lipinski definition) is 1. The molecule has 1 aliphatic carbocycles. The van der Waals surface area contributed by atoms with Gasteiger partial charge in [0.2, 0.25) is 0 Å². The summed E-state index contributed by atoms with van der Waals surface area (Å²) in [6.45, 7) is 3.88. The van der Waals surface area contributed by atoms with Gasteiger partial charge >= 0.3 is 0 Å². The lowest BCUT2D eigenvalue weighted by Crippen LogP contribution is -2.37. The highest BCUT2D eigenvalue weighted by Crippen LogP contribution is 2.36. The van der Waals surface area contributed by atoms with Crippen molar-refractivity contribution in [1.29, 1.82) is 0 Å². The Kier molecular flexibility index (Phi) is 4.46. The maximum absolute atomic E-state index is 10.1. The third-order valence-electron chi connectivity index (χ3n) is 3.31. The Morgan fingerprint density at radius 1 is 1.57 bits per heavy atom. The molecule has 1 saturated carbocycles. The van der Waals surface area contributed by atoms with Crippen LogP contribution in [0.5, 0.6) is 0 Å². The van der Waals surface area contributed by atoms with Gasteiger partial charge in [-0.25, -0.2) is 0 Å². The second-order valence-corrected chi connectivity index (χ2v) is 5.26. The number of halogens is 1. The number of aliphatic hydroxyl groups is 1. The molecule has 0 heterocycles. The molecule has 0 bridgehead atoms. The van der Waals surface area contributed by atoms with Crippen LogP contribution in [-0.4, -0.2) is 10.7 Å². The molecule has 0 aromatic rings. The van der Waals surface area contributed by atoms with Gasteiger partial charge in [-0.3, -0.25) is 0 Å². The zero-order valence-corrected chi connectivity index (χ0v) is 9.98. The van der Waals surface area contributed by atoms with Crippen LogP contribution >= 0.6 is 11.6 Å². The molecule has 0 aromatic carbocycles. The van der Waals surface area contributed by atoms with Crippen LogP contribution in [0.3, 0.4) is 0 Å². The summed E-state index contributed by atoms with van der Waals surface area (Å²) < 4.78 is 0. The molecule has 2 heteroatoms. The topological polar surface area (TPSA) is 20.2 Å². The van der Waals surface area contributed by atoms with Crippen LogP contribution in [-0.2, 0) is 0 Å². The lowest BCUT2D eigenvalue weighted by atomic mass is 9.74. The van der Waals surface area contributed by atoms with E-state index in [4.69, 9.17) is 11.6 Å². The lowest BCUT2D eigenvalue weighted by molar-refractivity contribution is -0.0344. The minimum absolute atomic E-state index is 0.438. The standard InChI is InChI=1S/C12H21ClO/c1-10(13)6-5-8-11-7-3-4-9-12(11,2)14/h6,11,14H,3-5,7-9H2,1-2H3/b10-6+. The largest absolute Gasteiger partial charge is 0.390 e. The Balaban J connectivity index is 2.38. The molecule has 0 spiro atoms. The monoisotopic (exact) mass is 216 g/mol. The molecule has 1 fully saturated rings. The summed E-state index contributed by atoms with van der Waals surface area (Å²) in [5.74, 6) is 0.462. The van der Waals surface area contributed by atoms with Crippen molar-refractivity contribution in [3.8, 4) is 0 Å². The van der Waals surface area contributed by atoms with E-state index < -0.39 is 5.60 Å². The van der Waals surface area contributed by atoms with E-state index >= 15 is 0 Å². The van der Waals surface area contributed by atoms with Gasteiger partial charge in [-0.15, -0.1) is 0 Å². The molecule has 2 atom stereocenters. The fourth-order valence-corrected chi connectivity index (χ4v) is 2.44. The first kappa shape index (κ1) is 12.1. The zero-order chi connectivity index (χ0) is 10.6. The summed E-state index contributed by atoms with van der Waals surface area (Å²) in [7, 11) is 0. The van der Waals surface area contributed by atoms with Crippen molar-refractivity contribution in [2.24, 2.45) is 5.92 Å². The summed E-state index contributed by atoms with van der Waals surface area (Å²) in [6.07, 6.45) is 8.68. The summed E-state index contributed by atoms with van der Waals surface area (Å²) in [4.78, 5) is 0. The quantitative estimate of drug-likeness (QED) is 0.760. The minimum atomic E-state index is -0.438. The van der Waals surface area contributed by atoms with E-state index in [0.717, 1.165) is 24.3 Å². The average molecular weight is 217 g/mol.